The molecule has 8 nitrogen and oxygen atoms in total. The van der Waals surface area contributed by atoms with Crippen LogP contribution in [0.2, 0.25) is 0 Å². The molecule has 0 saturated carbocycles. The highest BCUT2D eigenvalue weighted by Gasteiger charge is 2.20. The summed E-state index contributed by atoms with van der Waals surface area (Å²) in [5.74, 6) is 0.395. The van der Waals surface area contributed by atoms with Gasteiger partial charge in [0, 0.05) is 30.1 Å². The van der Waals surface area contributed by atoms with E-state index in [9.17, 15) is 9.59 Å². The van der Waals surface area contributed by atoms with Gasteiger partial charge in [-0.2, -0.15) is 10.2 Å². The summed E-state index contributed by atoms with van der Waals surface area (Å²) in [5.41, 5.74) is 3.49. The third kappa shape index (κ3) is 4.21. The Bertz CT molecular complexity index is 1080. The zero-order chi connectivity index (χ0) is 21.1. The van der Waals surface area contributed by atoms with Gasteiger partial charge in [-0.05, 0) is 58.0 Å². The van der Waals surface area contributed by atoms with Crippen LogP contribution in [-0.2, 0) is 11.8 Å². The van der Waals surface area contributed by atoms with Gasteiger partial charge in [-0.15, -0.1) is 0 Å². The normalized spacial score (nSPS) is 11.9. The molecular formula is C21H25N5O3. The zero-order valence-electron chi connectivity index (χ0n) is 17.3. The van der Waals surface area contributed by atoms with Gasteiger partial charge in [-0.1, -0.05) is 0 Å². The Morgan fingerprint density at radius 1 is 1.14 bits per heavy atom. The van der Waals surface area contributed by atoms with E-state index >= 15 is 0 Å². The minimum Gasteiger partial charge on any atom is -0.494 e. The van der Waals surface area contributed by atoms with Crippen molar-refractivity contribution in [2.75, 3.05) is 11.9 Å². The van der Waals surface area contributed by atoms with Gasteiger partial charge in [0.05, 0.1) is 18.0 Å². The highest BCUT2D eigenvalue weighted by Crippen LogP contribution is 2.24. The number of hydrogen-bond donors (Lipinski definition) is 1. The molecule has 1 aromatic carbocycles. The van der Waals surface area contributed by atoms with Gasteiger partial charge in [0.15, 0.2) is 0 Å². The minimum absolute atomic E-state index is 0.333. The summed E-state index contributed by atoms with van der Waals surface area (Å²) in [5, 5.41) is 11.7. The number of carbonyl (C=O) groups excluding carboxylic acids is 1. The SMILES string of the molecule is CCOc1ccc(NC(=O)[C@H](C)n2nc(-c3c(C)nn(C)c3C)ccc2=O)cc1. The molecule has 1 N–H and O–H groups in total. The van der Waals surface area contributed by atoms with Crippen molar-refractivity contribution in [3.05, 3.63) is 58.1 Å². The zero-order valence-corrected chi connectivity index (χ0v) is 17.3. The maximum atomic E-state index is 12.7. The van der Waals surface area contributed by atoms with Crippen molar-refractivity contribution in [3.63, 3.8) is 0 Å². The van der Waals surface area contributed by atoms with E-state index in [0.29, 0.717) is 18.0 Å². The molecule has 0 radical (unpaired) electrons. The average Bonchev–Trinajstić information content (AvgIpc) is 2.95. The first-order valence-corrected chi connectivity index (χ1v) is 9.46. The van der Waals surface area contributed by atoms with Crippen molar-refractivity contribution >= 4 is 11.6 Å². The fourth-order valence-corrected chi connectivity index (χ4v) is 3.14. The maximum Gasteiger partial charge on any atom is 0.267 e. The maximum absolute atomic E-state index is 12.7. The Balaban J connectivity index is 1.85. The van der Waals surface area contributed by atoms with Crippen LogP contribution in [-0.4, -0.2) is 32.1 Å². The molecule has 0 aliphatic rings. The predicted molar refractivity (Wildman–Crippen MR) is 111 cm³/mol. The summed E-state index contributed by atoms with van der Waals surface area (Å²) in [7, 11) is 1.86. The van der Waals surface area contributed by atoms with Gasteiger partial charge in [0.25, 0.3) is 5.56 Å². The van der Waals surface area contributed by atoms with Gasteiger partial charge < -0.3 is 10.1 Å². The Labute approximate surface area is 169 Å². The number of aromatic nitrogens is 4. The fourth-order valence-electron chi connectivity index (χ4n) is 3.14. The van der Waals surface area contributed by atoms with E-state index in [1.54, 1.807) is 41.9 Å². The molecule has 3 rings (SSSR count). The number of anilines is 1. The number of carbonyl (C=O) groups is 1. The smallest absolute Gasteiger partial charge is 0.267 e. The van der Waals surface area contributed by atoms with Gasteiger partial charge >= 0.3 is 0 Å². The lowest BCUT2D eigenvalue weighted by molar-refractivity contribution is -0.119. The van der Waals surface area contributed by atoms with Crippen LogP contribution in [0.15, 0.2) is 41.2 Å². The van der Waals surface area contributed by atoms with Crippen molar-refractivity contribution in [3.8, 4) is 17.0 Å². The first-order valence-electron chi connectivity index (χ1n) is 9.46. The van der Waals surface area contributed by atoms with E-state index in [0.717, 1.165) is 22.7 Å². The summed E-state index contributed by atoms with van der Waals surface area (Å²) < 4.78 is 8.37. The number of rotatable bonds is 6. The summed E-state index contributed by atoms with van der Waals surface area (Å²) in [6.07, 6.45) is 0. The summed E-state index contributed by atoms with van der Waals surface area (Å²) in [4.78, 5) is 25.1. The third-order valence-corrected chi connectivity index (χ3v) is 4.77. The molecule has 2 heterocycles. The lowest BCUT2D eigenvalue weighted by Gasteiger charge is -2.15. The molecule has 1 atom stereocenters. The van der Waals surface area contributed by atoms with E-state index in [2.05, 4.69) is 15.5 Å². The monoisotopic (exact) mass is 395 g/mol. The Kier molecular flexibility index (Phi) is 5.81. The van der Waals surface area contributed by atoms with E-state index in [1.807, 2.05) is 27.8 Å². The van der Waals surface area contributed by atoms with Crippen LogP contribution in [0, 0.1) is 13.8 Å². The lowest BCUT2D eigenvalue weighted by atomic mass is 10.1. The second-order valence-electron chi connectivity index (χ2n) is 6.79. The highest BCUT2D eigenvalue weighted by atomic mass is 16.5. The number of hydrogen-bond acceptors (Lipinski definition) is 5. The van der Waals surface area contributed by atoms with Crippen LogP contribution in [0.5, 0.6) is 5.75 Å². The topological polar surface area (TPSA) is 91.0 Å². The van der Waals surface area contributed by atoms with Crippen molar-refractivity contribution in [2.24, 2.45) is 7.05 Å². The van der Waals surface area contributed by atoms with E-state index < -0.39 is 6.04 Å². The minimum atomic E-state index is -0.786. The Hall–Kier alpha value is -3.42. The third-order valence-electron chi connectivity index (χ3n) is 4.77. The van der Waals surface area contributed by atoms with Gasteiger partial charge in [-0.3, -0.25) is 14.3 Å². The predicted octanol–water partition coefficient (Wildman–Crippen LogP) is 2.86. The standard InChI is InChI=1S/C21H25N5O3/c1-6-29-17-9-7-16(8-10-17)22-21(28)15(4)26-19(27)12-11-18(24-26)20-13(2)23-25(5)14(20)3/h7-12,15H,6H2,1-5H3,(H,22,28)/t15-/m0/s1. The molecule has 0 bridgehead atoms. The van der Waals surface area contributed by atoms with Crippen LogP contribution in [0.25, 0.3) is 11.3 Å². The number of aryl methyl sites for hydroxylation is 2. The average molecular weight is 395 g/mol. The van der Waals surface area contributed by atoms with Crippen LogP contribution >= 0.6 is 0 Å². The Morgan fingerprint density at radius 3 is 2.41 bits per heavy atom. The molecule has 0 spiro atoms. The molecule has 0 saturated heterocycles. The van der Waals surface area contributed by atoms with Crippen LogP contribution in [0.1, 0.15) is 31.3 Å². The van der Waals surface area contributed by atoms with Crippen molar-refractivity contribution < 1.29 is 9.53 Å². The quantitative estimate of drug-likeness (QED) is 0.693. The molecule has 1 amide bonds. The van der Waals surface area contributed by atoms with Gasteiger partial charge in [0.1, 0.15) is 11.8 Å². The van der Waals surface area contributed by atoms with Crippen molar-refractivity contribution in [1.29, 1.82) is 0 Å². The van der Waals surface area contributed by atoms with E-state index in [4.69, 9.17) is 4.74 Å². The number of nitrogens with zero attached hydrogens (tertiary/aromatic N) is 4. The lowest BCUT2D eigenvalue weighted by Crippen LogP contribution is -2.33. The molecule has 29 heavy (non-hydrogen) atoms. The second-order valence-corrected chi connectivity index (χ2v) is 6.79. The number of benzene rings is 1. The molecule has 152 valence electrons. The second kappa shape index (κ2) is 8.30. The summed E-state index contributed by atoms with van der Waals surface area (Å²) in [6, 6.07) is 9.37. The molecule has 0 unspecified atom stereocenters. The van der Waals surface area contributed by atoms with Crippen molar-refractivity contribution in [2.45, 2.75) is 33.7 Å². The molecule has 3 aromatic rings. The molecule has 2 aromatic heterocycles. The molecular weight excluding hydrogens is 370 g/mol. The fraction of sp³-hybridized carbons (Fsp3) is 0.333. The summed E-state index contributed by atoms with van der Waals surface area (Å²) >= 11 is 0. The summed E-state index contributed by atoms with van der Waals surface area (Å²) in [6.45, 7) is 7.95. The number of ether oxygens (including phenoxy) is 1. The molecule has 0 aliphatic heterocycles. The highest BCUT2D eigenvalue weighted by molar-refractivity contribution is 5.93. The van der Waals surface area contributed by atoms with Crippen LogP contribution < -0.4 is 15.6 Å². The first kappa shape index (κ1) is 20.3. The van der Waals surface area contributed by atoms with Gasteiger partial charge in [-0.25, -0.2) is 4.68 Å². The number of nitrogens with one attached hydrogen (secondary N) is 1. The van der Waals surface area contributed by atoms with E-state index in [-0.39, 0.29) is 11.5 Å². The van der Waals surface area contributed by atoms with E-state index in [1.165, 1.54) is 10.7 Å². The molecule has 0 aliphatic carbocycles. The Morgan fingerprint density at radius 2 is 1.83 bits per heavy atom. The van der Waals surface area contributed by atoms with Gasteiger partial charge in [0.2, 0.25) is 5.91 Å². The van der Waals surface area contributed by atoms with Crippen molar-refractivity contribution in [1.82, 2.24) is 19.6 Å². The van der Waals surface area contributed by atoms with Crippen LogP contribution in [0.4, 0.5) is 5.69 Å². The first-order chi connectivity index (χ1) is 13.8. The molecule has 0 fully saturated rings. The molecule has 8 heteroatoms. The number of amides is 1. The van der Waals surface area contributed by atoms with Crippen LogP contribution in [0.3, 0.4) is 0 Å². The largest absolute Gasteiger partial charge is 0.494 e.